The number of carbonyl (C=O) groups excluding carboxylic acids is 1. The molecule has 0 unspecified atom stereocenters. The number of aliphatic carboxylic acids is 1. The number of ether oxygens (including phenoxy) is 1. The summed E-state index contributed by atoms with van der Waals surface area (Å²) in [6.45, 7) is 2.09. The van der Waals surface area contributed by atoms with Gasteiger partial charge in [0, 0.05) is 5.25 Å². The van der Waals surface area contributed by atoms with E-state index in [2.05, 4.69) is 10.2 Å². The van der Waals surface area contributed by atoms with Gasteiger partial charge in [-0.2, -0.15) is 0 Å². The molecule has 2 aromatic carbocycles. The Morgan fingerprint density at radius 3 is 2.54 bits per heavy atom. The number of para-hydroxylation sites is 1. The van der Waals surface area contributed by atoms with Crippen LogP contribution in [0.5, 0.6) is 5.75 Å². The van der Waals surface area contributed by atoms with Gasteiger partial charge in [0.05, 0.1) is 25.2 Å². The van der Waals surface area contributed by atoms with Gasteiger partial charge in [-0.25, -0.2) is 0 Å². The fourth-order valence-corrected chi connectivity index (χ4v) is 3.30. The van der Waals surface area contributed by atoms with Crippen LogP contribution in [0.1, 0.15) is 12.5 Å². The zero-order valence-electron chi connectivity index (χ0n) is 14.5. The molecule has 7 heteroatoms. The van der Waals surface area contributed by atoms with Crippen molar-refractivity contribution in [2.24, 2.45) is 0 Å². The fourth-order valence-electron chi connectivity index (χ4n) is 2.52. The van der Waals surface area contributed by atoms with Crippen LogP contribution in [0, 0.1) is 0 Å². The van der Waals surface area contributed by atoms with Gasteiger partial charge in [0.2, 0.25) is 0 Å². The second-order valence-corrected chi connectivity index (χ2v) is 6.97. The van der Waals surface area contributed by atoms with Crippen LogP contribution in [0.25, 0.3) is 11.4 Å². The molecule has 0 radical (unpaired) electrons. The lowest BCUT2D eigenvalue weighted by Crippen LogP contribution is -2.31. The van der Waals surface area contributed by atoms with Gasteiger partial charge in [0.25, 0.3) is 0 Å². The molecule has 3 aromatic rings. The third-order valence-corrected chi connectivity index (χ3v) is 4.92. The highest BCUT2D eigenvalue weighted by molar-refractivity contribution is 8.00. The van der Waals surface area contributed by atoms with E-state index < -0.39 is 11.2 Å². The fraction of sp³-hybridized carbons (Fsp3) is 0.211. The molecule has 0 saturated heterocycles. The van der Waals surface area contributed by atoms with Crippen LogP contribution in [0.15, 0.2) is 59.8 Å². The molecule has 0 aliphatic rings. The summed E-state index contributed by atoms with van der Waals surface area (Å²) in [6.07, 6.45) is 0. The van der Waals surface area contributed by atoms with Gasteiger partial charge < -0.3 is 14.6 Å². The van der Waals surface area contributed by atoms with Crippen molar-refractivity contribution in [2.75, 3.05) is 7.11 Å². The number of benzene rings is 2. The minimum Gasteiger partial charge on any atom is -0.549 e. The predicted octanol–water partition coefficient (Wildman–Crippen LogP) is 2.23. The number of nitrogens with zero attached hydrogens (tertiary/aromatic N) is 3. The molecule has 26 heavy (non-hydrogen) atoms. The maximum atomic E-state index is 11.1. The Kier molecular flexibility index (Phi) is 5.58. The molecule has 134 valence electrons. The summed E-state index contributed by atoms with van der Waals surface area (Å²) >= 11 is 1.11. The molecule has 1 heterocycles. The smallest absolute Gasteiger partial charge is 0.192 e. The second kappa shape index (κ2) is 8.05. The summed E-state index contributed by atoms with van der Waals surface area (Å²) in [4.78, 5) is 11.1. The van der Waals surface area contributed by atoms with Crippen LogP contribution in [0.4, 0.5) is 0 Å². The third-order valence-electron chi connectivity index (χ3n) is 3.86. The number of carboxylic acids is 1. The van der Waals surface area contributed by atoms with Crippen molar-refractivity contribution in [3.05, 3.63) is 60.2 Å². The van der Waals surface area contributed by atoms with Crippen molar-refractivity contribution in [1.29, 1.82) is 0 Å². The Morgan fingerprint density at radius 2 is 1.85 bits per heavy atom. The van der Waals surface area contributed by atoms with Crippen molar-refractivity contribution < 1.29 is 14.6 Å². The van der Waals surface area contributed by atoms with Gasteiger partial charge in [0.1, 0.15) is 5.75 Å². The lowest BCUT2D eigenvalue weighted by Gasteiger charge is -2.15. The summed E-state index contributed by atoms with van der Waals surface area (Å²) in [5.74, 6) is 0.168. The molecule has 6 nitrogen and oxygen atoms in total. The molecule has 0 bridgehead atoms. The van der Waals surface area contributed by atoms with E-state index in [1.807, 2.05) is 59.2 Å². The normalized spacial score (nSPS) is 11.9. The predicted molar refractivity (Wildman–Crippen MR) is 97.9 cm³/mol. The molecule has 0 spiro atoms. The number of carboxylic acid groups (broad SMARTS) is 1. The number of rotatable bonds is 7. The van der Waals surface area contributed by atoms with E-state index in [9.17, 15) is 9.90 Å². The highest BCUT2D eigenvalue weighted by atomic mass is 32.2. The van der Waals surface area contributed by atoms with Crippen molar-refractivity contribution in [2.45, 2.75) is 23.9 Å². The number of carbonyl (C=O) groups is 1. The monoisotopic (exact) mass is 368 g/mol. The molecule has 0 aliphatic carbocycles. The van der Waals surface area contributed by atoms with Crippen molar-refractivity contribution in [1.82, 2.24) is 14.8 Å². The number of methoxy groups -OCH3 is 1. The van der Waals surface area contributed by atoms with Crippen molar-refractivity contribution in [3.63, 3.8) is 0 Å². The topological polar surface area (TPSA) is 80.1 Å². The van der Waals surface area contributed by atoms with E-state index in [4.69, 9.17) is 4.74 Å². The van der Waals surface area contributed by atoms with Crippen LogP contribution in [0.3, 0.4) is 0 Å². The molecule has 1 atom stereocenters. The first-order valence-electron chi connectivity index (χ1n) is 8.08. The third kappa shape index (κ3) is 3.88. The highest BCUT2D eigenvalue weighted by Gasteiger charge is 2.19. The lowest BCUT2D eigenvalue weighted by atomic mass is 10.1. The van der Waals surface area contributed by atoms with Gasteiger partial charge in [0.15, 0.2) is 11.0 Å². The highest BCUT2D eigenvalue weighted by Crippen LogP contribution is 2.32. The average molecular weight is 368 g/mol. The second-order valence-electron chi connectivity index (χ2n) is 5.66. The molecule has 0 aliphatic heterocycles. The molecule has 0 saturated carbocycles. The summed E-state index contributed by atoms with van der Waals surface area (Å²) in [7, 11) is 1.60. The first-order chi connectivity index (χ1) is 12.6. The standard InChI is InChI=1S/C19H19N3O3S/c1-13(18(23)24)26-19-21-20-17(15-10-6-7-11-16(15)25-2)22(19)12-14-8-4-3-5-9-14/h3-11,13H,12H2,1-2H3,(H,23,24)/p-1/t13-/m0/s1. The number of hydrogen-bond acceptors (Lipinski definition) is 6. The largest absolute Gasteiger partial charge is 0.549 e. The van der Waals surface area contributed by atoms with E-state index in [-0.39, 0.29) is 0 Å². The van der Waals surface area contributed by atoms with Crippen LogP contribution in [-0.2, 0) is 11.3 Å². The van der Waals surface area contributed by atoms with Crippen LogP contribution in [0.2, 0.25) is 0 Å². The Balaban J connectivity index is 2.06. The quantitative estimate of drug-likeness (QED) is 0.595. The Bertz CT molecular complexity index is 896. The molecule has 1 aromatic heterocycles. The number of hydrogen-bond donors (Lipinski definition) is 0. The average Bonchev–Trinajstić information content (AvgIpc) is 3.04. The minimum absolute atomic E-state index is 0.517. The summed E-state index contributed by atoms with van der Waals surface area (Å²) in [5, 5.41) is 19.4. The molecular weight excluding hydrogens is 350 g/mol. The van der Waals surface area contributed by atoms with E-state index in [1.165, 1.54) is 0 Å². The van der Waals surface area contributed by atoms with Gasteiger partial charge >= 0.3 is 0 Å². The first-order valence-corrected chi connectivity index (χ1v) is 8.96. The van der Waals surface area contributed by atoms with Crippen molar-refractivity contribution >= 4 is 17.7 Å². The van der Waals surface area contributed by atoms with E-state index in [0.717, 1.165) is 22.9 Å². The number of aromatic nitrogens is 3. The van der Waals surface area contributed by atoms with E-state index >= 15 is 0 Å². The summed E-state index contributed by atoms with van der Waals surface area (Å²) < 4.78 is 7.34. The molecule has 0 N–H and O–H groups in total. The van der Waals surface area contributed by atoms with Crippen molar-refractivity contribution in [3.8, 4) is 17.1 Å². The maximum absolute atomic E-state index is 11.1. The molecule has 3 rings (SSSR count). The van der Waals surface area contributed by atoms with E-state index in [0.29, 0.717) is 23.3 Å². The molecule has 0 amide bonds. The minimum atomic E-state index is -1.14. The first kappa shape index (κ1) is 18.0. The Hall–Kier alpha value is -2.80. The van der Waals surface area contributed by atoms with Gasteiger partial charge in [-0.1, -0.05) is 54.2 Å². The number of thioether (sulfide) groups is 1. The maximum Gasteiger partial charge on any atom is 0.192 e. The SMILES string of the molecule is COc1ccccc1-c1nnc(S[C@@H](C)C(=O)[O-])n1Cc1ccccc1. The molecular formula is C19H18N3O3S-. The van der Waals surface area contributed by atoms with Gasteiger partial charge in [-0.05, 0) is 24.6 Å². The summed E-state index contributed by atoms with van der Waals surface area (Å²) in [6, 6.07) is 17.4. The molecule has 0 fully saturated rings. The van der Waals surface area contributed by atoms with Crippen LogP contribution < -0.4 is 9.84 Å². The lowest BCUT2D eigenvalue weighted by molar-refractivity contribution is -0.304. The van der Waals surface area contributed by atoms with Crippen LogP contribution in [-0.4, -0.2) is 33.1 Å². The van der Waals surface area contributed by atoms with Gasteiger partial charge in [-0.15, -0.1) is 10.2 Å². The van der Waals surface area contributed by atoms with E-state index in [1.54, 1.807) is 14.0 Å². The Labute approximate surface area is 155 Å². The zero-order valence-corrected chi connectivity index (χ0v) is 15.3. The Morgan fingerprint density at radius 1 is 1.15 bits per heavy atom. The zero-order chi connectivity index (χ0) is 18.5. The van der Waals surface area contributed by atoms with Gasteiger partial charge in [-0.3, -0.25) is 4.57 Å². The summed E-state index contributed by atoms with van der Waals surface area (Å²) in [5.41, 5.74) is 1.86. The van der Waals surface area contributed by atoms with Crippen LogP contribution >= 0.6 is 11.8 Å².